The first-order chi connectivity index (χ1) is 23.1. The third-order valence-electron chi connectivity index (χ3n) is 10.4. The minimum absolute atomic E-state index is 0.0557. The van der Waals surface area contributed by atoms with Crippen LogP contribution in [0.5, 0.6) is 0 Å². The van der Waals surface area contributed by atoms with Crippen LogP contribution in [0.2, 0.25) is 0 Å². The highest BCUT2D eigenvalue weighted by atomic mass is 15.1. The molecule has 0 spiro atoms. The van der Waals surface area contributed by atoms with E-state index in [1.807, 2.05) is 0 Å². The maximum atomic E-state index is 2.40. The Morgan fingerprint density at radius 3 is 1.77 bits per heavy atom. The summed E-state index contributed by atoms with van der Waals surface area (Å²) in [5.41, 5.74) is 18.1. The highest BCUT2D eigenvalue weighted by Gasteiger charge is 2.36. The Balaban J connectivity index is 1.10. The number of hydrogen-bond acceptors (Lipinski definition) is 1. The molecule has 2 aliphatic carbocycles. The van der Waals surface area contributed by atoms with E-state index in [9.17, 15) is 0 Å². The fraction of sp³-hybridized carbons (Fsp3) is 0.0870. The van der Waals surface area contributed by atoms with E-state index in [4.69, 9.17) is 0 Å². The SMILES string of the molecule is CC1(C)c2ccccc2-c2ccc(N(c3ccccc3)c3ccc(-c4ccc5c(c4)-c4ccccc4C5c4ccccc4)cc3)cc21. The van der Waals surface area contributed by atoms with E-state index < -0.39 is 0 Å². The Morgan fingerprint density at radius 2 is 0.979 bits per heavy atom. The molecule has 0 aliphatic heterocycles. The fourth-order valence-electron chi connectivity index (χ4n) is 8.05. The van der Waals surface area contributed by atoms with Gasteiger partial charge in [-0.15, -0.1) is 0 Å². The summed E-state index contributed by atoms with van der Waals surface area (Å²) < 4.78 is 0. The van der Waals surface area contributed by atoms with E-state index in [2.05, 4.69) is 189 Å². The van der Waals surface area contributed by atoms with Gasteiger partial charge in [0.2, 0.25) is 0 Å². The third-order valence-corrected chi connectivity index (χ3v) is 10.4. The van der Waals surface area contributed by atoms with E-state index in [-0.39, 0.29) is 11.3 Å². The highest BCUT2D eigenvalue weighted by molar-refractivity contribution is 5.87. The van der Waals surface area contributed by atoms with Crippen LogP contribution >= 0.6 is 0 Å². The van der Waals surface area contributed by atoms with Crippen molar-refractivity contribution in [1.29, 1.82) is 0 Å². The van der Waals surface area contributed by atoms with E-state index >= 15 is 0 Å². The van der Waals surface area contributed by atoms with Crippen molar-refractivity contribution in [1.82, 2.24) is 0 Å². The molecule has 0 saturated carbocycles. The molecule has 0 amide bonds. The van der Waals surface area contributed by atoms with Crippen molar-refractivity contribution in [2.75, 3.05) is 4.90 Å². The summed E-state index contributed by atoms with van der Waals surface area (Å²) in [6, 6.07) is 62.5. The zero-order chi connectivity index (χ0) is 31.5. The number of hydrogen-bond donors (Lipinski definition) is 0. The molecule has 1 heteroatoms. The minimum Gasteiger partial charge on any atom is -0.310 e. The lowest BCUT2D eigenvalue weighted by atomic mass is 9.82. The summed E-state index contributed by atoms with van der Waals surface area (Å²) >= 11 is 0. The van der Waals surface area contributed by atoms with Gasteiger partial charge in [-0.2, -0.15) is 0 Å². The van der Waals surface area contributed by atoms with Crippen molar-refractivity contribution in [2.24, 2.45) is 0 Å². The number of fused-ring (bicyclic) bond motifs is 6. The van der Waals surface area contributed by atoms with Crippen LogP contribution in [0.1, 0.15) is 47.6 Å². The van der Waals surface area contributed by atoms with E-state index in [1.165, 1.54) is 66.9 Å². The van der Waals surface area contributed by atoms with E-state index in [0.717, 1.165) is 11.4 Å². The zero-order valence-electron chi connectivity index (χ0n) is 26.7. The van der Waals surface area contributed by atoms with Gasteiger partial charge in [-0.3, -0.25) is 0 Å². The van der Waals surface area contributed by atoms with Crippen molar-refractivity contribution in [3.63, 3.8) is 0 Å². The average Bonchev–Trinajstić information content (AvgIpc) is 3.58. The molecule has 1 nitrogen and oxygen atoms in total. The lowest BCUT2D eigenvalue weighted by Gasteiger charge is -2.28. The van der Waals surface area contributed by atoms with Gasteiger partial charge in [-0.25, -0.2) is 0 Å². The zero-order valence-corrected chi connectivity index (χ0v) is 26.7. The first kappa shape index (κ1) is 27.6. The summed E-state index contributed by atoms with van der Waals surface area (Å²) in [7, 11) is 0. The van der Waals surface area contributed by atoms with Gasteiger partial charge in [-0.1, -0.05) is 141 Å². The fourth-order valence-corrected chi connectivity index (χ4v) is 8.05. The summed E-state index contributed by atoms with van der Waals surface area (Å²) in [6.07, 6.45) is 0. The van der Waals surface area contributed by atoms with Crippen LogP contribution in [-0.2, 0) is 5.41 Å². The largest absolute Gasteiger partial charge is 0.310 e. The molecule has 9 rings (SSSR count). The van der Waals surface area contributed by atoms with Crippen LogP contribution in [0, 0.1) is 0 Å². The van der Waals surface area contributed by atoms with Crippen molar-refractivity contribution < 1.29 is 0 Å². The quantitative estimate of drug-likeness (QED) is 0.190. The van der Waals surface area contributed by atoms with Crippen molar-refractivity contribution in [2.45, 2.75) is 25.2 Å². The van der Waals surface area contributed by atoms with Gasteiger partial charge in [0.15, 0.2) is 0 Å². The normalized spacial score (nSPS) is 15.0. The van der Waals surface area contributed by atoms with Gasteiger partial charge < -0.3 is 4.90 Å². The number of anilines is 3. The van der Waals surface area contributed by atoms with Crippen LogP contribution in [0.3, 0.4) is 0 Å². The average molecular weight is 602 g/mol. The van der Waals surface area contributed by atoms with Gasteiger partial charge >= 0.3 is 0 Å². The highest BCUT2D eigenvalue weighted by Crippen LogP contribution is 2.51. The van der Waals surface area contributed by atoms with E-state index in [1.54, 1.807) is 0 Å². The molecule has 7 aromatic carbocycles. The predicted octanol–water partition coefficient (Wildman–Crippen LogP) is 12.3. The van der Waals surface area contributed by atoms with Gasteiger partial charge in [-0.05, 0) is 104 Å². The second kappa shape index (κ2) is 10.7. The molecule has 0 aromatic heterocycles. The number of rotatable bonds is 5. The van der Waals surface area contributed by atoms with Crippen LogP contribution in [-0.4, -0.2) is 0 Å². The molecule has 47 heavy (non-hydrogen) atoms. The molecule has 1 unspecified atom stereocenters. The van der Waals surface area contributed by atoms with Crippen molar-refractivity contribution >= 4 is 17.1 Å². The van der Waals surface area contributed by atoms with Gasteiger partial charge in [0.1, 0.15) is 0 Å². The second-order valence-electron chi connectivity index (χ2n) is 13.4. The molecule has 0 radical (unpaired) electrons. The van der Waals surface area contributed by atoms with Crippen molar-refractivity contribution in [3.05, 3.63) is 198 Å². The molecular weight excluding hydrogens is 567 g/mol. The van der Waals surface area contributed by atoms with Gasteiger partial charge in [0.05, 0.1) is 0 Å². The molecule has 0 N–H and O–H groups in total. The molecule has 0 heterocycles. The maximum Gasteiger partial charge on any atom is 0.0465 e. The smallest absolute Gasteiger partial charge is 0.0465 e. The van der Waals surface area contributed by atoms with Crippen molar-refractivity contribution in [3.8, 4) is 33.4 Å². The summed E-state index contributed by atoms with van der Waals surface area (Å²) in [5, 5.41) is 0. The third kappa shape index (κ3) is 4.38. The standard InChI is InChI=1S/C46H35N/c1-46(2)43-20-12-11-18-38(43)39-28-26-36(30-44(39)46)47(34-15-7-4-8-16-34)35-24-21-31(22-25-35)33-23-27-41-42(29-33)37-17-9-10-19-40(37)45(41)32-13-5-3-6-14-32/h3-30,45H,1-2H3. The Bertz CT molecular complexity index is 2260. The maximum absolute atomic E-state index is 2.40. The monoisotopic (exact) mass is 601 g/mol. The minimum atomic E-state index is -0.0557. The Labute approximate surface area is 277 Å². The first-order valence-electron chi connectivity index (χ1n) is 16.6. The first-order valence-corrected chi connectivity index (χ1v) is 16.6. The summed E-state index contributed by atoms with van der Waals surface area (Å²) in [5.74, 6) is 0.267. The van der Waals surface area contributed by atoms with Crippen LogP contribution in [0.4, 0.5) is 17.1 Å². The second-order valence-corrected chi connectivity index (χ2v) is 13.4. The lowest BCUT2D eigenvalue weighted by Crippen LogP contribution is -2.16. The predicted molar refractivity (Wildman–Crippen MR) is 197 cm³/mol. The Kier molecular flexibility index (Phi) is 6.30. The lowest BCUT2D eigenvalue weighted by molar-refractivity contribution is 0.660. The number of para-hydroxylation sites is 1. The van der Waals surface area contributed by atoms with E-state index in [0.29, 0.717) is 0 Å². The summed E-state index contributed by atoms with van der Waals surface area (Å²) in [6.45, 7) is 4.69. The molecule has 0 bridgehead atoms. The summed E-state index contributed by atoms with van der Waals surface area (Å²) in [4.78, 5) is 2.38. The topological polar surface area (TPSA) is 3.24 Å². The van der Waals surface area contributed by atoms with Crippen LogP contribution in [0.25, 0.3) is 33.4 Å². The molecule has 224 valence electrons. The molecule has 0 saturated heterocycles. The number of benzene rings is 7. The Morgan fingerprint density at radius 1 is 0.404 bits per heavy atom. The Hall–Kier alpha value is -5.66. The van der Waals surface area contributed by atoms with Gasteiger partial charge in [0.25, 0.3) is 0 Å². The molecule has 0 fully saturated rings. The molecule has 1 atom stereocenters. The van der Waals surface area contributed by atoms with Gasteiger partial charge in [0, 0.05) is 28.4 Å². The van der Waals surface area contributed by atoms with Crippen LogP contribution < -0.4 is 4.90 Å². The van der Waals surface area contributed by atoms with Crippen LogP contribution in [0.15, 0.2) is 170 Å². The number of nitrogens with zero attached hydrogens (tertiary/aromatic N) is 1. The molecule has 2 aliphatic rings. The molecule has 7 aromatic rings. The molecular formula is C46H35N.